The smallest absolute Gasteiger partial charge is 0.237 e. The molecule has 6 nitrogen and oxygen atoms in total. The number of ether oxygens (including phenoxy) is 1. The molecule has 1 unspecified atom stereocenters. The van der Waals surface area contributed by atoms with Gasteiger partial charge in [0.15, 0.2) is 9.84 Å². The third kappa shape index (κ3) is 4.76. The Morgan fingerprint density at radius 2 is 1.85 bits per heavy atom. The molecule has 1 aromatic rings. The molecule has 1 heterocycles. The van der Waals surface area contributed by atoms with Crippen molar-refractivity contribution in [3.05, 3.63) is 29.8 Å². The van der Waals surface area contributed by atoms with Gasteiger partial charge in [-0.2, -0.15) is 0 Å². The normalized spacial score (nSPS) is 21.7. The molecule has 0 spiro atoms. The molecule has 1 aromatic carbocycles. The van der Waals surface area contributed by atoms with Crippen LogP contribution < -0.4 is 4.74 Å². The van der Waals surface area contributed by atoms with Gasteiger partial charge in [-0.25, -0.2) is 8.42 Å². The van der Waals surface area contributed by atoms with Gasteiger partial charge in [0, 0.05) is 25.2 Å². The maximum Gasteiger partial charge on any atom is 0.237 e. The van der Waals surface area contributed by atoms with Gasteiger partial charge in [0.25, 0.3) is 0 Å². The highest BCUT2D eigenvalue weighted by molar-refractivity contribution is 7.91. The van der Waals surface area contributed by atoms with E-state index in [2.05, 4.69) is 4.90 Å². The van der Waals surface area contributed by atoms with Gasteiger partial charge in [-0.1, -0.05) is 12.1 Å². The lowest BCUT2D eigenvalue weighted by atomic mass is 10.2. The maximum absolute atomic E-state index is 12.9. The van der Waals surface area contributed by atoms with Crippen LogP contribution in [0.4, 0.5) is 0 Å². The molecule has 0 radical (unpaired) electrons. The van der Waals surface area contributed by atoms with Gasteiger partial charge < -0.3 is 9.64 Å². The molecule has 0 aromatic heterocycles. The molecule has 26 heavy (non-hydrogen) atoms. The summed E-state index contributed by atoms with van der Waals surface area (Å²) in [6.07, 6.45) is 2.80. The summed E-state index contributed by atoms with van der Waals surface area (Å²) < 4.78 is 28.7. The molecule has 2 fully saturated rings. The number of hydrogen-bond acceptors (Lipinski definition) is 5. The first-order valence-electron chi connectivity index (χ1n) is 9.28. The topological polar surface area (TPSA) is 66.9 Å². The molecule has 1 aliphatic carbocycles. The van der Waals surface area contributed by atoms with Crippen LogP contribution in [0.2, 0.25) is 0 Å². The molecule has 0 N–H and O–H groups in total. The third-order valence-electron chi connectivity index (χ3n) is 5.26. The van der Waals surface area contributed by atoms with Gasteiger partial charge in [-0.3, -0.25) is 9.69 Å². The number of benzene rings is 1. The highest BCUT2D eigenvalue weighted by atomic mass is 32.2. The lowest BCUT2D eigenvalue weighted by Crippen LogP contribution is -2.46. The first kappa shape index (κ1) is 19.2. The van der Waals surface area contributed by atoms with E-state index in [-0.39, 0.29) is 23.5 Å². The van der Waals surface area contributed by atoms with Crippen molar-refractivity contribution in [2.45, 2.75) is 44.8 Å². The molecule has 2 aliphatic rings. The average Bonchev–Trinajstić information content (AvgIpc) is 3.40. The van der Waals surface area contributed by atoms with Crippen LogP contribution in [0.25, 0.3) is 0 Å². The molecule has 0 bridgehead atoms. The SMILES string of the molecule is CCN(C(=O)CN(Cc1ccc(OC)cc1)C1CC1)C1CCS(=O)(=O)C1. The van der Waals surface area contributed by atoms with Crippen molar-refractivity contribution in [2.75, 3.05) is 31.7 Å². The summed E-state index contributed by atoms with van der Waals surface area (Å²) in [6.45, 7) is 3.55. The zero-order chi connectivity index (χ0) is 18.7. The molecular formula is C19H28N2O4S. The van der Waals surface area contributed by atoms with Crippen molar-refractivity contribution in [3.63, 3.8) is 0 Å². The van der Waals surface area contributed by atoms with Crippen molar-refractivity contribution < 1.29 is 17.9 Å². The van der Waals surface area contributed by atoms with Gasteiger partial charge in [-0.15, -0.1) is 0 Å². The molecule has 3 rings (SSSR count). The van der Waals surface area contributed by atoms with Crippen LogP contribution in [0.3, 0.4) is 0 Å². The number of rotatable bonds is 8. The monoisotopic (exact) mass is 380 g/mol. The van der Waals surface area contributed by atoms with Crippen molar-refractivity contribution in [3.8, 4) is 5.75 Å². The number of likely N-dealkylation sites (N-methyl/N-ethyl adjacent to an activating group) is 1. The van der Waals surface area contributed by atoms with E-state index in [1.54, 1.807) is 12.0 Å². The van der Waals surface area contributed by atoms with E-state index in [1.165, 1.54) is 0 Å². The second-order valence-corrected chi connectivity index (χ2v) is 9.45. The first-order valence-corrected chi connectivity index (χ1v) is 11.1. The largest absolute Gasteiger partial charge is 0.497 e. The Morgan fingerprint density at radius 3 is 2.35 bits per heavy atom. The summed E-state index contributed by atoms with van der Waals surface area (Å²) in [5, 5.41) is 0. The lowest BCUT2D eigenvalue weighted by molar-refractivity contribution is -0.134. The molecule has 1 amide bonds. The summed E-state index contributed by atoms with van der Waals surface area (Å²) in [6, 6.07) is 8.21. The predicted molar refractivity (Wildman–Crippen MR) is 101 cm³/mol. The van der Waals surface area contributed by atoms with Crippen LogP contribution in [0.5, 0.6) is 5.75 Å². The van der Waals surface area contributed by atoms with Gasteiger partial charge in [0.1, 0.15) is 5.75 Å². The third-order valence-corrected chi connectivity index (χ3v) is 7.01. The summed E-state index contributed by atoms with van der Waals surface area (Å²) in [4.78, 5) is 16.9. The van der Waals surface area contributed by atoms with Crippen molar-refractivity contribution in [2.24, 2.45) is 0 Å². The van der Waals surface area contributed by atoms with Crippen LogP contribution in [-0.4, -0.2) is 67.9 Å². The van der Waals surface area contributed by atoms with Gasteiger partial charge in [-0.05, 0) is 43.9 Å². The van der Waals surface area contributed by atoms with Crippen LogP contribution >= 0.6 is 0 Å². The fourth-order valence-electron chi connectivity index (χ4n) is 3.64. The minimum Gasteiger partial charge on any atom is -0.497 e. The zero-order valence-electron chi connectivity index (χ0n) is 15.6. The summed E-state index contributed by atoms with van der Waals surface area (Å²) >= 11 is 0. The Kier molecular flexibility index (Phi) is 5.87. The minimum atomic E-state index is -2.99. The summed E-state index contributed by atoms with van der Waals surface area (Å²) in [7, 11) is -1.35. The van der Waals surface area contributed by atoms with E-state index in [0.717, 1.165) is 30.7 Å². The fraction of sp³-hybridized carbons (Fsp3) is 0.632. The molecule has 144 valence electrons. The van der Waals surface area contributed by atoms with Gasteiger partial charge in [0.2, 0.25) is 5.91 Å². The first-order chi connectivity index (χ1) is 12.4. The predicted octanol–water partition coefficient (Wildman–Crippen LogP) is 1.70. The highest BCUT2D eigenvalue weighted by Crippen LogP contribution is 2.29. The summed E-state index contributed by atoms with van der Waals surface area (Å²) in [5.41, 5.74) is 1.15. The van der Waals surface area contributed by atoms with Crippen molar-refractivity contribution in [1.29, 1.82) is 0 Å². The number of amides is 1. The number of sulfone groups is 1. The van der Waals surface area contributed by atoms with E-state index in [0.29, 0.717) is 25.6 Å². The standard InChI is InChI=1S/C19H28N2O4S/c1-3-21(17-10-11-26(23,24)14-17)19(22)13-20(16-6-7-16)12-15-4-8-18(25-2)9-5-15/h4-5,8-9,16-17H,3,6-7,10-14H2,1-2H3. The molecule has 1 saturated heterocycles. The van der Waals surface area contributed by atoms with E-state index < -0.39 is 9.84 Å². The van der Waals surface area contributed by atoms with Crippen molar-refractivity contribution in [1.82, 2.24) is 9.80 Å². The highest BCUT2D eigenvalue weighted by Gasteiger charge is 2.36. The zero-order valence-corrected chi connectivity index (χ0v) is 16.4. The Morgan fingerprint density at radius 1 is 1.15 bits per heavy atom. The lowest BCUT2D eigenvalue weighted by Gasteiger charge is -2.30. The number of carbonyl (C=O) groups is 1. The second kappa shape index (κ2) is 7.96. The fourth-order valence-corrected chi connectivity index (χ4v) is 5.37. The number of nitrogens with zero attached hydrogens (tertiary/aromatic N) is 2. The Hall–Kier alpha value is -1.60. The molecule has 1 saturated carbocycles. The Bertz CT molecular complexity index is 728. The van der Waals surface area contributed by atoms with E-state index in [1.807, 2.05) is 31.2 Å². The Labute approximate surface area is 156 Å². The van der Waals surface area contributed by atoms with Crippen LogP contribution in [0.1, 0.15) is 31.7 Å². The molecule has 1 atom stereocenters. The maximum atomic E-state index is 12.9. The van der Waals surface area contributed by atoms with Gasteiger partial charge in [0.05, 0.1) is 25.2 Å². The number of hydrogen-bond donors (Lipinski definition) is 0. The number of methoxy groups -OCH3 is 1. The number of carbonyl (C=O) groups excluding carboxylic acids is 1. The second-order valence-electron chi connectivity index (χ2n) is 7.22. The molecular weight excluding hydrogens is 352 g/mol. The minimum absolute atomic E-state index is 0.0370. The van der Waals surface area contributed by atoms with Crippen LogP contribution in [0.15, 0.2) is 24.3 Å². The average molecular weight is 381 g/mol. The van der Waals surface area contributed by atoms with Crippen molar-refractivity contribution >= 4 is 15.7 Å². The van der Waals surface area contributed by atoms with E-state index in [4.69, 9.17) is 4.74 Å². The van der Waals surface area contributed by atoms with Crippen LogP contribution in [0, 0.1) is 0 Å². The van der Waals surface area contributed by atoms with Gasteiger partial charge >= 0.3 is 0 Å². The van der Waals surface area contributed by atoms with E-state index >= 15 is 0 Å². The van der Waals surface area contributed by atoms with Crippen LogP contribution in [-0.2, 0) is 21.2 Å². The summed E-state index contributed by atoms with van der Waals surface area (Å²) in [5.74, 6) is 1.16. The van der Waals surface area contributed by atoms with E-state index in [9.17, 15) is 13.2 Å². The Balaban J connectivity index is 1.64. The molecule has 7 heteroatoms. The molecule has 1 aliphatic heterocycles. The quantitative estimate of drug-likeness (QED) is 0.687.